The number of oxazole rings is 1. The normalized spacial score (nSPS) is 11.2. The number of benzene rings is 3. The van der Waals surface area contributed by atoms with Gasteiger partial charge in [-0.2, -0.15) is 0 Å². The van der Waals surface area contributed by atoms with Crippen LogP contribution < -0.4 is 10.2 Å². The number of nitrogens with one attached hydrogen (secondary N) is 1. The van der Waals surface area contributed by atoms with Crippen molar-refractivity contribution in [1.29, 1.82) is 0 Å². The molecule has 1 heterocycles. The fourth-order valence-electron chi connectivity index (χ4n) is 3.59. The van der Waals surface area contributed by atoms with Crippen LogP contribution in [0.4, 0.5) is 5.69 Å². The van der Waals surface area contributed by atoms with Crippen molar-refractivity contribution in [3.63, 3.8) is 0 Å². The van der Waals surface area contributed by atoms with Crippen LogP contribution in [0.3, 0.4) is 0 Å². The third kappa shape index (κ3) is 7.31. The third-order valence-corrected chi connectivity index (χ3v) is 5.98. The summed E-state index contributed by atoms with van der Waals surface area (Å²) in [5.41, 5.74) is 5.44. The maximum atomic E-state index is 9.76. The molecule has 1 N–H and O–H groups in total. The molecular weight excluding hydrogens is 434 g/mol. The van der Waals surface area contributed by atoms with Crippen molar-refractivity contribution in [2.24, 2.45) is 5.92 Å². The predicted octanol–water partition coefficient (Wildman–Crippen LogP) is 6.91. The number of carbonyl (C=O) groups is 1. The third-order valence-electron chi connectivity index (χ3n) is 5.98. The highest BCUT2D eigenvalue weighted by Crippen LogP contribution is 2.33. The molecule has 0 aliphatic rings. The molecule has 182 valence electrons. The van der Waals surface area contributed by atoms with E-state index in [4.69, 9.17) is 4.42 Å². The van der Waals surface area contributed by atoms with E-state index in [-0.39, 0.29) is 0 Å². The molecule has 1 amide bonds. The summed E-state index contributed by atoms with van der Waals surface area (Å²) in [6.45, 7) is 5.16. The van der Waals surface area contributed by atoms with Crippen molar-refractivity contribution in [2.75, 3.05) is 25.5 Å². The lowest BCUT2D eigenvalue weighted by Crippen LogP contribution is -2.14. The minimum Gasteiger partial charge on any atom is -0.436 e. The standard InChI is InChI=1S/C23H20N2O.C7H15NO/c1-25(2)19-14-12-18(13-15-19)22-16-24-23(26-22)21-11-7-6-10-20(21)17-8-4-3-5-9-17;1-3-7(2)4-5-8-6-9/h3-16H,1-2H3;6-7H,3-5H2,1-2H3,(H,8,9). The van der Waals surface area contributed by atoms with Crippen LogP contribution in [0.2, 0.25) is 0 Å². The van der Waals surface area contributed by atoms with Gasteiger partial charge in [-0.05, 0) is 53.8 Å². The van der Waals surface area contributed by atoms with Gasteiger partial charge in [0.2, 0.25) is 12.3 Å². The lowest BCUT2D eigenvalue weighted by molar-refractivity contribution is -0.109. The van der Waals surface area contributed by atoms with E-state index >= 15 is 0 Å². The molecule has 0 aliphatic carbocycles. The summed E-state index contributed by atoms with van der Waals surface area (Å²) >= 11 is 0. The molecule has 0 saturated carbocycles. The molecule has 1 aromatic heterocycles. The number of hydrogen-bond acceptors (Lipinski definition) is 4. The molecule has 0 saturated heterocycles. The van der Waals surface area contributed by atoms with Gasteiger partial charge in [0.25, 0.3) is 0 Å². The van der Waals surface area contributed by atoms with Gasteiger partial charge >= 0.3 is 0 Å². The van der Waals surface area contributed by atoms with Crippen LogP contribution in [0.15, 0.2) is 89.5 Å². The Bertz CT molecular complexity index is 1170. The Morgan fingerprint density at radius 1 is 0.914 bits per heavy atom. The van der Waals surface area contributed by atoms with Gasteiger partial charge < -0.3 is 14.6 Å². The molecule has 5 heteroatoms. The zero-order chi connectivity index (χ0) is 25.0. The molecule has 4 aromatic rings. The average Bonchev–Trinajstić information content (AvgIpc) is 3.40. The van der Waals surface area contributed by atoms with Crippen LogP contribution in [0, 0.1) is 5.92 Å². The first kappa shape index (κ1) is 25.8. The van der Waals surface area contributed by atoms with Crippen LogP contribution in [0.5, 0.6) is 0 Å². The van der Waals surface area contributed by atoms with Crippen LogP contribution in [-0.2, 0) is 4.79 Å². The van der Waals surface area contributed by atoms with Crippen molar-refractivity contribution >= 4 is 12.1 Å². The first-order valence-electron chi connectivity index (χ1n) is 12.1. The predicted molar refractivity (Wildman–Crippen MR) is 145 cm³/mol. The Morgan fingerprint density at radius 2 is 1.57 bits per heavy atom. The molecule has 0 spiro atoms. The zero-order valence-electron chi connectivity index (χ0n) is 21.1. The molecule has 5 nitrogen and oxygen atoms in total. The van der Waals surface area contributed by atoms with Crippen molar-refractivity contribution in [1.82, 2.24) is 10.3 Å². The number of hydrogen-bond donors (Lipinski definition) is 1. The summed E-state index contributed by atoms with van der Waals surface area (Å²) in [5, 5.41) is 2.63. The first-order valence-corrected chi connectivity index (χ1v) is 12.1. The Morgan fingerprint density at radius 3 is 2.20 bits per heavy atom. The first-order chi connectivity index (χ1) is 17.0. The SMILES string of the molecule is CCC(C)CCNC=O.CN(C)c1ccc(-c2cnc(-c3ccccc3-c3ccccc3)o2)cc1. The van der Waals surface area contributed by atoms with E-state index in [0.717, 1.165) is 59.0 Å². The van der Waals surface area contributed by atoms with Gasteiger partial charge in [0.05, 0.1) is 6.20 Å². The Hall–Kier alpha value is -3.86. The van der Waals surface area contributed by atoms with Crippen molar-refractivity contribution in [2.45, 2.75) is 26.7 Å². The minimum absolute atomic E-state index is 0.635. The van der Waals surface area contributed by atoms with Gasteiger partial charge in [-0.3, -0.25) is 4.79 Å². The smallest absolute Gasteiger partial charge is 0.227 e. The molecule has 0 radical (unpaired) electrons. The number of amides is 1. The number of nitrogens with zero attached hydrogens (tertiary/aromatic N) is 2. The largest absolute Gasteiger partial charge is 0.436 e. The Kier molecular flexibility index (Phi) is 9.67. The number of rotatable bonds is 9. The Labute approximate surface area is 208 Å². The topological polar surface area (TPSA) is 58.4 Å². The molecule has 4 rings (SSSR count). The molecule has 0 fully saturated rings. The van der Waals surface area contributed by atoms with Crippen LogP contribution in [-0.4, -0.2) is 32.0 Å². The Balaban J connectivity index is 0.000000327. The maximum Gasteiger partial charge on any atom is 0.227 e. The minimum atomic E-state index is 0.635. The second-order valence-electron chi connectivity index (χ2n) is 8.76. The monoisotopic (exact) mass is 469 g/mol. The highest BCUT2D eigenvalue weighted by Gasteiger charge is 2.13. The van der Waals surface area contributed by atoms with Crippen LogP contribution in [0.1, 0.15) is 26.7 Å². The van der Waals surface area contributed by atoms with E-state index in [1.807, 2.05) is 50.5 Å². The highest BCUT2D eigenvalue weighted by molar-refractivity contribution is 5.80. The van der Waals surface area contributed by atoms with Gasteiger partial charge in [0.15, 0.2) is 5.76 Å². The summed E-state index contributed by atoms with van der Waals surface area (Å²) in [5.74, 6) is 2.14. The molecule has 1 atom stereocenters. The van der Waals surface area contributed by atoms with Crippen molar-refractivity contribution in [3.8, 4) is 33.9 Å². The number of anilines is 1. The van der Waals surface area contributed by atoms with E-state index in [0.29, 0.717) is 5.89 Å². The molecule has 3 aromatic carbocycles. The maximum absolute atomic E-state index is 9.76. The highest BCUT2D eigenvalue weighted by atomic mass is 16.4. The molecule has 35 heavy (non-hydrogen) atoms. The quantitative estimate of drug-likeness (QED) is 0.214. The number of aromatic nitrogens is 1. The second kappa shape index (κ2) is 13.1. The van der Waals surface area contributed by atoms with Crippen molar-refractivity contribution in [3.05, 3.63) is 85.1 Å². The summed E-state index contributed by atoms with van der Waals surface area (Å²) in [6.07, 6.45) is 4.83. The summed E-state index contributed by atoms with van der Waals surface area (Å²) in [4.78, 5) is 16.4. The van der Waals surface area contributed by atoms with Gasteiger partial charge in [0, 0.05) is 37.5 Å². The fourth-order valence-corrected chi connectivity index (χ4v) is 3.59. The van der Waals surface area contributed by atoms with Gasteiger partial charge in [0.1, 0.15) is 0 Å². The number of carbonyl (C=O) groups excluding carboxylic acids is 1. The second-order valence-corrected chi connectivity index (χ2v) is 8.76. The molecular formula is C30H35N3O2. The summed E-state index contributed by atoms with van der Waals surface area (Å²) in [7, 11) is 4.06. The summed E-state index contributed by atoms with van der Waals surface area (Å²) in [6, 6.07) is 26.8. The lowest BCUT2D eigenvalue weighted by atomic mass is 10.00. The van der Waals surface area contributed by atoms with Crippen LogP contribution >= 0.6 is 0 Å². The van der Waals surface area contributed by atoms with E-state index < -0.39 is 0 Å². The van der Waals surface area contributed by atoms with Gasteiger partial charge in [-0.25, -0.2) is 4.98 Å². The van der Waals surface area contributed by atoms with Crippen LogP contribution in [0.25, 0.3) is 33.9 Å². The van der Waals surface area contributed by atoms with Gasteiger partial charge in [-0.1, -0.05) is 68.8 Å². The fraction of sp³-hybridized carbons (Fsp3) is 0.267. The molecule has 1 unspecified atom stereocenters. The summed E-state index contributed by atoms with van der Waals surface area (Å²) < 4.78 is 6.09. The van der Waals surface area contributed by atoms with E-state index in [9.17, 15) is 4.79 Å². The zero-order valence-corrected chi connectivity index (χ0v) is 21.1. The lowest BCUT2D eigenvalue weighted by Gasteiger charge is -2.12. The van der Waals surface area contributed by atoms with E-state index in [2.05, 4.69) is 71.5 Å². The van der Waals surface area contributed by atoms with Gasteiger partial charge in [-0.15, -0.1) is 0 Å². The van der Waals surface area contributed by atoms with E-state index in [1.165, 1.54) is 6.42 Å². The van der Waals surface area contributed by atoms with Crippen molar-refractivity contribution < 1.29 is 9.21 Å². The average molecular weight is 470 g/mol. The molecule has 0 bridgehead atoms. The molecule has 0 aliphatic heterocycles. The van der Waals surface area contributed by atoms with E-state index in [1.54, 1.807) is 6.20 Å².